The van der Waals surface area contributed by atoms with Gasteiger partial charge < -0.3 is 125 Å². The zero-order chi connectivity index (χ0) is 56.3. The van der Waals surface area contributed by atoms with Gasteiger partial charge in [-0.1, -0.05) is 18.2 Å². The van der Waals surface area contributed by atoms with Gasteiger partial charge in [0.25, 0.3) is 0 Å². The number of fused-ring (bicyclic) bond motifs is 1. The van der Waals surface area contributed by atoms with Gasteiger partial charge in [-0.25, -0.2) is 0 Å². The van der Waals surface area contributed by atoms with Gasteiger partial charge in [0.1, 0.15) is 119 Å². The molecule has 0 amide bonds. The van der Waals surface area contributed by atoms with Crippen LogP contribution in [-0.2, 0) is 30.2 Å². The van der Waals surface area contributed by atoms with Crippen LogP contribution in [0.5, 0.6) is 34.5 Å². The minimum atomic E-state index is -3.91. The minimum absolute atomic E-state index is 0.184. The normalized spacial score (nSPS) is 33.7. The van der Waals surface area contributed by atoms with Crippen LogP contribution in [-0.4, -0.2) is 226 Å². The van der Waals surface area contributed by atoms with Crippen LogP contribution in [0.15, 0.2) is 86.5 Å². The largest absolute Gasteiger partial charge is 0.508 e. The number of ketones is 2. The summed E-state index contributed by atoms with van der Waals surface area (Å²) in [6.45, 7) is -3.22. The first-order chi connectivity index (χ1) is 36.4. The van der Waals surface area contributed by atoms with Crippen molar-refractivity contribution in [2.24, 2.45) is 0 Å². The van der Waals surface area contributed by atoms with E-state index in [9.17, 15) is 102 Å². The molecule has 4 heterocycles. The molecule has 0 spiro atoms. The lowest BCUT2D eigenvalue weighted by atomic mass is 9.70. The van der Waals surface area contributed by atoms with Crippen LogP contribution in [0.25, 0.3) is 28.4 Å². The van der Waals surface area contributed by atoms with Crippen LogP contribution >= 0.6 is 0 Å². The number of aliphatic hydroxyl groups is 15. The second-order valence-corrected chi connectivity index (χ2v) is 18.3. The Morgan fingerprint density at radius 1 is 0.584 bits per heavy atom. The average molecular weight is 1090 g/mol. The van der Waals surface area contributed by atoms with Gasteiger partial charge in [0, 0.05) is 23.1 Å². The molecular weight excluding hydrogens is 1040 g/mol. The molecule has 28 heteroatoms. The number of aromatic hydroxyl groups is 4. The van der Waals surface area contributed by atoms with Gasteiger partial charge in [-0.15, -0.1) is 0 Å². The van der Waals surface area contributed by atoms with Crippen LogP contribution in [0.2, 0.25) is 0 Å². The summed E-state index contributed by atoms with van der Waals surface area (Å²) in [7, 11) is 0. The molecule has 28 nitrogen and oxygen atoms in total. The fourth-order valence-electron chi connectivity index (χ4n) is 9.18. The molecular formula is C49H52O28. The minimum Gasteiger partial charge on any atom is -0.508 e. The Morgan fingerprint density at radius 2 is 1.06 bits per heavy atom. The predicted octanol–water partition coefficient (Wildman–Crippen LogP) is -4.75. The molecule has 0 bridgehead atoms. The molecule has 8 rings (SSSR count). The Balaban J connectivity index is 1.41. The van der Waals surface area contributed by atoms with Crippen molar-refractivity contribution < 1.29 is 135 Å². The summed E-state index contributed by atoms with van der Waals surface area (Å²) >= 11 is 0. The van der Waals surface area contributed by atoms with Crippen molar-refractivity contribution in [2.75, 3.05) is 19.8 Å². The number of hydrogen-bond donors (Lipinski definition) is 19. The Kier molecular flexibility index (Phi) is 16.0. The second-order valence-electron chi connectivity index (χ2n) is 18.3. The molecule has 1 aliphatic carbocycles. The summed E-state index contributed by atoms with van der Waals surface area (Å²) in [5, 5.41) is 206. The van der Waals surface area contributed by atoms with Crippen molar-refractivity contribution >= 4 is 28.6 Å². The third-order valence-corrected chi connectivity index (χ3v) is 13.5. The number of ether oxygens (including phenoxy) is 5. The number of aliphatic hydroxyl groups excluding tert-OH is 14. The van der Waals surface area contributed by atoms with E-state index in [1.807, 2.05) is 0 Å². The lowest BCUT2D eigenvalue weighted by Gasteiger charge is -2.46. The highest BCUT2D eigenvalue weighted by Crippen LogP contribution is 2.50. The molecule has 3 aromatic carbocycles. The van der Waals surface area contributed by atoms with Gasteiger partial charge in [0.15, 0.2) is 17.3 Å². The molecule has 3 aliphatic heterocycles. The lowest BCUT2D eigenvalue weighted by Crippen LogP contribution is -2.70. The van der Waals surface area contributed by atoms with Crippen LogP contribution in [0, 0.1) is 0 Å². The van der Waals surface area contributed by atoms with Gasteiger partial charge in [0.05, 0.1) is 19.8 Å². The topological polar surface area (TPSA) is 495 Å². The standard InChI is InChI=1S/C49H52O28/c50-12-22-29(58)34(63)37(66)46(72-22)49(71)44(69)20(27(56)25(45(49)70)21(55)10-3-15-1-6-17(53)7-2-15)11-19-28(57)42(76-47-38(67)35(64)30(59)23(13-51)73-47)32(61)26-33(62)43(40(75-41(19)26)16-4-8-18(54)9-5-16)77-48-39(68)36(65)31(60)24(14-52)74-48/h1-10,22-24,29-31,34-39,46-48,50-61,63-68,71H,11-14H2/b10-3+,25-21?/t22-,23-,24-,29-,30-,31-,34+,35+,36+,37-,38-,39-,46?,47+,48+,49+/m1/s1. The van der Waals surface area contributed by atoms with Crippen LogP contribution in [0.1, 0.15) is 11.1 Å². The number of carbonyl (C=O) groups is 2. The van der Waals surface area contributed by atoms with E-state index >= 15 is 9.59 Å². The van der Waals surface area contributed by atoms with Crippen LogP contribution in [0.4, 0.5) is 0 Å². The van der Waals surface area contributed by atoms with Crippen LogP contribution < -0.4 is 14.9 Å². The third kappa shape index (κ3) is 9.84. The Morgan fingerprint density at radius 3 is 1.58 bits per heavy atom. The zero-order valence-electron chi connectivity index (χ0n) is 39.4. The highest BCUT2D eigenvalue weighted by Gasteiger charge is 2.64. The maximum atomic E-state index is 15.1. The average Bonchev–Trinajstić information content (AvgIpc) is 3.47. The van der Waals surface area contributed by atoms with E-state index in [0.29, 0.717) is 0 Å². The van der Waals surface area contributed by atoms with E-state index in [1.165, 1.54) is 24.3 Å². The first-order valence-electron chi connectivity index (χ1n) is 23.2. The summed E-state index contributed by atoms with van der Waals surface area (Å²) in [5.74, 6) is -13.4. The molecule has 16 atom stereocenters. The molecule has 0 saturated carbocycles. The van der Waals surface area contributed by atoms with E-state index in [1.54, 1.807) is 0 Å². The molecule has 3 fully saturated rings. The van der Waals surface area contributed by atoms with Gasteiger partial charge in [-0.2, -0.15) is 0 Å². The molecule has 19 N–H and O–H groups in total. The first kappa shape index (κ1) is 56.4. The summed E-state index contributed by atoms with van der Waals surface area (Å²) in [6, 6.07) is 9.42. The third-order valence-electron chi connectivity index (χ3n) is 13.5. The van der Waals surface area contributed by atoms with E-state index in [2.05, 4.69) is 0 Å². The number of phenolic OH excluding ortho intramolecular Hbond substituents is 4. The SMILES string of the molecule is O=C1C(Cc2c(O)c(O[C@@H]3O[C@H](CO)[C@@H](O)[C@H](O)[C@H]3O)c(O)c3c(=O)c(O[C@@H]4O[C@H](CO)[C@@H](O)[C@H](O)[C@H]4O)c(-c4ccc(O)cc4)oc23)=C(O)C(=C(O)/C=C/c2ccc(O)cc2)C(=O)[C@]1(O)C1O[C@H](CO)[C@@H](O)[C@H](O)[C@H]1O. The summed E-state index contributed by atoms with van der Waals surface area (Å²) in [5.41, 5.74) is -10.2. The van der Waals surface area contributed by atoms with E-state index in [0.717, 1.165) is 36.4 Å². The number of allylic oxidation sites excluding steroid dienone is 2. The maximum absolute atomic E-state index is 15.1. The molecule has 4 aromatic rings. The Labute approximate surface area is 430 Å². The number of Topliss-reactive ketones (excluding diaryl/α,β-unsaturated/α-hetero) is 2. The van der Waals surface area contributed by atoms with Gasteiger partial charge >= 0.3 is 0 Å². The van der Waals surface area contributed by atoms with E-state index < -0.39 is 209 Å². The number of benzene rings is 3. The molecule has 416 valence electrons. The number of rotatable bonds is 13. The maximum Gasteiger partial charge on any atom is 0.239 e. The second kappa shape index (κ2) is 21.9. The molecule has 1 unspecified atom stereocenters. The summed E-state index contributed by atoms with van der Waals surface area (Å²) in [6.07, 6.45) is -32.0. The van der Waals surface area contributed by atoms with Gasteiger partial charge in [0.2, 0.25) is 46.7 Å². The van der Waals surface area contributed by atoms with Crippen molar-refractivity contribution in [1.29, 1.82) is 0 Å². The van der Waals surface area contributed by atoms with Gasteiger partial charge in [-0.05, 0) is 48.0 Å². The number of hydrogen-bond acceptors (Lipinski definition) is 28. The molecule has 3 saturated heterocycles. The van der Waals surface area contributed by atoms with Crippen LogP contribution in [0.3, 0.4) is 0 Å². The molecule has 1 aromatic heterocycles. The molecule has 4 aliphatic rings. The quantitative estimate of drug-likeness (QED) is 0.0340. The highest BCUT2D eigenvalue weighted by molar-refractivity contribution is 6.28. The fraction of sp³-hybridized carbons (Fsp3) is 0.408. The van der Waals surface area contributed by atoms with Crippen molar-refractivity contribution in [3.05, 3.63) is 98.6 Å². The number of carbonyl (C=O) groups excluding carboxylic acids is 2. The van der Waals surface area contributed by atoms with Crippen molar-refractivity contribution in [3.8, 4) is 45.8 Å². The summed E-state index contributed by atoms with van der Waals surface area (Å²) in [4.78, 5) is 44.7. The van der Waals surface area contributed by atoms with E-state index in [-0.39, 0.29) is 22.6 Å². The van der Waals surface area contributed by atoms with Crippen molar-refractivity contribution in [2.45, 2.75) is 104 Å². The highest BCUT2D eigenvalue weighted by atomic mass is 16.7. The molecule has 77 heavy (non-hydrogen) atoms. The monoisotopic (exact) mass is 1090 g/mol. The van der Waals surface area contributed by atoms with Crippen molar-refractivity contribution in [1.82, 2.24) is 0 Å². The summed E-state index contributed by atoms with van der Waals surface area (Å²) < 4.78 is 33.9. The molecule has 0 radical (unpaired) electrons. The predicted molar refractivity (Wildman–Crippen MR) is 251 cm³/mol. The lowest BCUT2D eigenvalue weighted by molar-refractivity contribution is -0.277. The fourth-order valence-corrected chi connectivity index (χ4v) is 9.18. The Hall–Kier alpha value is -6.81. The smallest absolute Gasteiger partial charge is 0.239 e. The van der Waals surface area contributed by atoms with Gasteiger partial charge in [-0.3, -0.25) is 14.4 Å². The number of phenols is 4. The van der Waals surface area contributed by atoms with Crippen molar-refractivity contribution in [3.63, 3.8) is 0 Å². The zero-order valence-corrected chi connectivity index (χ0v) is 39.4. The van der Waals surface area contributed by atoms with E-state index in [4.69, 9.17) is 28.1 Å². The Bertz CT molecular complexity index is 3040. The first-order valence-corrected chi connectivity index (χ1v) is 23.2.